The molecule has 0 aliphatic carbocycles. The van der Waals surface area contributed by atoms with Gasteiger partial charge in [-0.15, -0.1) is 0 Å². The molecule has 0 saturated carbocycles. The fraction of sp³-hybridized carbons (Fsp3) is 0.375. The molecule has 11 heavy (non-hydrogen) atoms. The highest BCUT2D eigenvalue weighted by Crippen LogP contribution is 1.93. The van der Waals surface area contributed by atoms with Crippen molar-refractivity contribution >= 4 is 6.08 Å². The number of aliphatic hydroxyl groups excluding tert-OH is 1. The van der Waals surface area contributed by atoms with Crippen LogP contribution in [0.15, 0.2) is 12.8 Å². The van der Waals surface area contributed by atoms with Crippen molar-refractivity contribution in [2.24, 2.45) is 0 Å². The molecule has 0 saturated heterocycles. The first-order valence-electron chi connectivity index (χ1n) is 3.60. The molecule has 0 fully saturated rings. The van der Waals surface area contributed by atoms with Gasteiger partial charge in [0.15, 0.2) is 0 Å². The predicted molar refractivity (Wildman–Crippen MR) is 42.9 cm³/mol. The van der Waals surface area contributed by atoms with Crippen LogP contribution in [0, 0.1) is 6.92 Å². The maximum Gasteiger partial charge on any atom is 0.278 e. The molecule has 0 aliphatic rings. The van der Waals surface area contributed by atoms with Crippen LogP contribution < -0.4 is 4.57 Å². The second-order valence-electron chi connectivity index (χ2n) is 2.39. The lowest BCUT2D eigenvalue weighted by Gasteiger charge is -1.95. The number of hydrogen-bond acceptors (Lipinski definition) is 1. The Bertz CT molecular complexity index is 253. The lowest BCUT2D eigenvalue weighted by Crippen LogP contribution is -2.39. The summed E-state index contributed by atoms with van der Waals surface area (Å²) < 4.78 is 1.98. The molecule has 1 rings (SSSR count). The zero-order valence-electron chi connectivity index (χ0n) is 6.67. The van der Waals surface area contributed by atoms with Crippen molar-refractivity contribution in [1.29, 1.82) is 0 Å². The summed E-state index contributed by atoms with van der Waals surface area (Å²) >= 11 is 0. The molecule has 0 amide bonds. The Morgan fingerprint density at radius 3 is 3.09 bits per heavy atom. The first-order valence-corrected chi connectivity index (χ1v) is 3.60. The fourth-order valence-electron chi connectivity index (χ4n) is 1.09. The van der Waals surface area contributed by atoms with Crippen LogP contribution in [-0.4, -0.2) is 16.7 Å². The highest BCUT2D eigenvalue weighted by Gasteiger charge is 2.09. The summed E-state index contributed by atoms with van der Waals surface area (Å²) in [6.07, 6.45) is 3.63. The van der Waals surface area contributed by atoms with Crippen LogP contribution in [0.1, 0.15) is 11.5 Å². The highest BCUT2D eigenvalue weighted by atomic mass is 16.3. The van der Waals surface area contributed by atoms with E-state index in [9.17, 15) is 0 Å². The van der Waals surface area contributed by atoms with Gasteiger partial charge in [-0.1, -0.05) is 6.58 Å². The number of hydrogen-bond donors (Lipinski definition) is 2. The molecule has 3 heteroatoms. The van der Waals surface area contributed by atoms with Crippen molar-refractivity contribution in [2.75, 3.05) is 6.61 Å². The first-order chi connectivity index (χ1) is 5.29. The van der Waals surface area contributed by atoms with Crippen molar-refractivity contribution in [3.63, 3.8) is 0 Å². The molecular formula is C8H13N2O+. The van der Waals surface area contributed by atoms with Gasteiger partial charge < -0.3 is 5.11 Å². The molecule has 0 aromatic carbocycles. The Kier molecular flexibility index (Phi) is 2.44. The fourth-order valence-corrected chi connectivity index (χ4v) is 1.09. The summed E-state index contributed by atoms with van der Waals surface area (Å²) in [6.45, 7) is 6.42. The molecule has 1 heterocycles. The van der Waals surface area contributed by atoms with E-state index in [1.165, 1.54) is 0 Å². The molecule has 1 aromatic heterocycles. The van der Waals surface area contributed by atoms with Gasteiger partial charge in [0.05, 0.1) is 6.61 Å². The number of aromatic nitrogens is 2. The number of H-pyrrole nitrogens is 1. The average molecular weight is 153 g/mol. The van der Waals surface area contributed by atoms with Crippen LogP contribution in [0.2, 0.25) is 0 Å². The number of rotatable bonds is 3. The summed E-state index contributed by atoms with van der Waals surface area (Å²) in [5.41, 5.74) is 1.11. The Hall–Kier alpha value is -1.09. The lowest BCUT2D eigenvalue weighted by atomic mass is 10.5. The van der Waals surface area contributed by atoms with Gasteiger partial charge in [-0.2, -0.15) is 0 Å². The van der Waals surface area contributed by atoms with Gasteiger partial charge in [0.2, 0.25) is 0 Å². The third-order valence-corrected chi connectivity index (χ3v) is 1.66. The van der Waals surface area contributed by atoms with Gasteiger partial charge in [0.25, 0.3) is 5.82 Å². The Labute approximate surface area is 66.0 Å². The van der Waals surface area contributed by atoms with E-state index < -0.39 is 0 Å². The van der Waals surface area contributed by atoms with Crippen LogP contribution in [0.4, 0.5) is 0 Å². The number of imidazole rings is 1. The maximum atomic E-state index is 8.71. The Morgan fingerprint density at radius 2 is 2.55 bits per heavy atom. The number of nitrogens with zero attached hydrogens (tertiary/aromatic N) is 1. The first kappa shape index (κ1) is 8.01. The monoisotopic (exact) mass is 153 g/mol. The van der Waals surface area contributed by atoms with Crippen LogP contribution in [0.25, 0.3) is 6.08 Å². The highest BCUT2D eigenvalue weighted by molar-refractivity contribution is 5.32. The van der Waals surface area contributed by atoms with E-state index in [1.807, 2.05) is 17.7 Å². The summed E-state index contributed by atoms with van der Waals surface area (Å²) in [5, 5.41) is 8.71. The van der Waals surface area contributed by atoms with E-state index in [0.29, 0.717) is 6.54 Å². The molecule has 0 atom stereocenters. The average Bonchev–Trinajstić information content (AvgIpc) is 2.34. The summed E-state index contributed by atoms with van der Waals surface area (Å²) in [5.74, 6) is 0.941. The van der Waals surface area contributed by atoms with Crippen molar-refractivity contribution in [3.05, 3.63) is 24.3 Å². The summed E-state index contributed by atoms with van der Waals surface area (Å²) in [7, 11) is 0. The minimum absolute atomic E-state index is 0.157. The number of aliphatic hydroxyl groups is 1. The molecule has 0 aliphatic heterocycles. The number of aromatic amines is 1. The van der Waals surface area contributed by atoms with Gasteiger partial charge in [-0.25, -0.2) is 9.55 Å². The summed E-state index contributed by atoms with van der Waals surface area (Å²) in [6, 6.07) is 0. The standard InChI is InChI=1S/C8H12N2O/c1-3-8-9-6-7(2)10(8)4-5-11/h3,6,11H,1,4-5H2,2H3/p+1. The molecule has 3 nitrogen and oxygen atoms in total. The Morgan fingerprint density at radius 1 is 1.82 bits per heavy atom. The quantitative estimate of drug-likeness (QED) is 0.600. The molecule has 0 unspecified atom stereocenters. The van der Waals surface area contributed by atoms with E-state index in [4.69, 9.17) is 5.11 Å². The topological polar surface area (TPSA) is 39.9 Å². The third-order valence-electron chi connectivity index (χ3n) is 1.66. The van der Waals surface area contributed by atoms with Gasteiger partial charge in [-0.05, 0) is 0 Å². The van der Waals surface area contributed by atoms with Crippen LogP contribution in [-0.2, 0) is 6.54 Å². The largest absolute Gasteiger partial charge is 0.392 e. The number of aryl methyl sites for hydroxylation is 1. The molecule has 0 bridgehead atoms. The van der Waals surface area contributed by atoms with Crippen LogP contribution in [0.3, 0.4) is 0 Å². The van der Waals surface area contributed by atoms with E-state index in [0.717, 1.165) is 11.5 Å². The Balaban J connectivity index is 2.97. The van der Waals surface area contributed by atoms with Gasteiger partial charge in [0.1, 0.15) is 18.4 Å². The van der Waals surface area contributed by atoms with Crippen molar-refractivity contribution in [1.82, 2.24) is 4.98 Å². The lowest BCUT2D eigenvalue weighted by molar-refractivity contribution is -0.704. The zero-order valence-corrected chi connectivity index (χ0v) is 6.67. The van der Waals surface area contributed by atoms with Crippen LogP contribution in [0.5, 0.6) is 0 Å². The van der Waals surface area contributed by atoms with E-state index >= 15 is 0 Å². The molecule has 1 aromatic rings. The van der Waals surface area contributed by atoms with Crippen molar-refractivity contribution in [3.8, 4) is 0 Å². The van der Waals surface area contributed by atoms with Gasteiger partial charge in [0, 0.05) is 13.0 Å². The predicted octanol–water partition coefficient (Wildman–Crippen LogP) is 0.246. The van der Waals surface area contributed by atoms with E-state index in [1.54, 1.807) is 6.08 Å². The smallest absolute Gasteiger partial charge is 0.278 e. The van der Waals surface area contributed by atoms with Gasteiger partial charge in [-0.3, -0.25) is 0 Å². The van der Waals surface area contributed by atoms with E-state index in [2.05, 4.69) is 11.6 Å². The molecule has 0 spiro atoms. The maximum absolute atomic E-state index is 8.71. The normalized spacial score (nSPS) is 10.0. The van der Waals surface area contributed by atoms with Crippen molar-refractivity contribution < 1.29 is 9.67 Å². The van der Waals surface area contributed by atoms with Crippen molar-refractivity contribution in [2.45, 2.75) is 13.5 Å². The van der Waals surface area contributed by atoms with Gasteiger partial charge >= 0.3 is 0 Å². The third kappa shape index (κ3) is 1.49. The molecular weight excluding hydrogens is 140 g/mol. The second kappa shape index (κ2) is 3.34. The second-order valence-corrected chi connectivity index (χ2v) is 2.39. The number of nitrogens with one attached hydrogen (secondary N) is 1. The zero-order chi connectivity index (χ0) is 8.27. The van der Waals surface area contributed by atoms with Crippen LogP contribution >= 0.6 is 0 Å². The molecule has 60 valence electrons. The molecule has 2 N–H and O–H groups in total. The summed E-state index contributed by atoms with van der Waals surface area (Å²) in [4.78, 5) is 3.04. The minimum atomic E-state index is 0.157. The SMILES string of the molecule is C=Cc1[nH]cc(C)[n+]1CCO. The molecule has 0 radical (unpaired) electrons. The minimum Gasteiger partial charge on any atom is -0.392 e. The van der Waals surface area contributed by atoms with E-state index in [-0.39, 0.29) is 6.61 Å².